The molecule has 0 unspecified atom stereocenters. The molecule has 12 heteroatoms. The first-order chi connectivity index (χ1) is 16.6. The molecule has 0 radical (unpaired) electrons. The number of benzene rings is 2. The van der Waals surface area contributed by atoms with Crippen LogP contribution in [-0.2, 0) is 26.2 Å². The molecule has 2 amide bonds. The monoisotopic (exact) mass is 505 g/mol. The number of aromatic hydroxyl groups is 2. The zero-order valence-corrected chi connectivity index (χ0v) is 19.9. The van der Waals surface area contributed by atoms with Gasteiger partial charge >= 0.3 is 10.2 Å². The number of phenols is 2. The number of ether oxygens (including phenoxy) is 1. The van der Waals surface area contributed by atoms with Gasteiger partial charge in [-0.25, -0.2) is 9.03 Å². The Kier molecular flexibility index (Phi) is 8.18. The van der Waals surface area contributed by atoms with E-state index in [0.29, 0.717) is 43.7 Å². The second-order valence-corrected chi connectivity index (χ2v) is 9.57. The molecule has 0 atom stereocenters. The minimum absolute atomic E-state index is 0.0140. The molecule has 0 bridgehead atoms. The van der Waals surface area contributed by atoms with Gasteiger partial charge in [0.05, 0.1) is 12.3 Å². The van der Waals surface area contributed by atoms with Gasteiger partial charge in [-0.1, -0.05) is 12.1 Å². The Balaban J connectivity index is 1.38. The SMILES string of the molecule is CC(=O)c1c(O)cccc1OCCCCNC(=O)CCc1ccc(N2CC(=O)NS2(=O)=O)c(O)c1. The topological polar surface area (TPSA) is 162 Å². The number of carbonyl (C=O) groups excluding carboxylic acids is 3. The number of unbranched alkanes of at least 4 members (excludes halogenated alkanes) is 1. The van der Waals surface area contributed by atoms with Crippen molar-refractivity contribution in [2.24, 2.45) is 0 Å². The standard InChI is InChI=1S/C23H27N3O8S/c1-15(27)23-18(28)5-4-6-20(23)34-12-3-2-11-24-21(30)10-8-16-7-9-17(19(29)13-16)26-14-22(31)25-35(26,32)33/h4-7,9,13,28-29H,2-3,8,10-12,14H2,1H3,(H,24,30)(H,25,31). The molecule has 1 heterocycles. The van der Waals surface area contributed by atoms with Gasteiger partial charge in [-0.2, -0.15) is 8.42 Å². The van der Waals surface area contributed by atoms with E-state index in [2.05, 4.69) is 5.32 Å². The van der Waals surface area contributed by atoms with Crippen LogP contribution in [0.2, 0.25) is 0 Å². The fourth-order valence-corrected chi connectivity index (χ4v) is 4.74. The number of Topliss-reactive ketones (excluding diaryl/α,β-unsaturated/α-hetero) is 1. The van der Waals surface area contributed by atoms with Crippen molar-refractivity contribution >= 4 is 33.5 Å². The van der Waals surface area contributed by atoms with Crippen molar-refractivity contribution < 1.29 is 37.8 Å². The third kappa shape index (κ3) is 6.63. The molecule has 4 N–H and O–H groups in total. The Morgan fingerprint density at radius 1 is 1.14 bits per heavy atom. The number of nitrogens with one attached hydrogen (secondary N) is 2. The van der Waals surface area contributed by atoms with E-state index in [1.54, 1.807) is 18.2 Å². The molecule has 1 fully saturated rings. The molecule has 1 aliphatic heterocycles. The molecule has 2 aromatic rings. The molecule has 0 aromatic heterocycles. The number of phenolic OH excluding ortho intramolecular Hbond substituents is 2. The molecular weight excluding hydrogens is 478 g/mol. The second kappa shape index (κ2) is 11.1. The first-order valence-corrected chi connectivity index (χ1v) is 12.4. The minimum atomic E-state index is -4.02. The van der Waals surface area contributed by atoms with Crippen LogP contribution in [0, 0.1) is 0 Å². The van der Waals surface area contributed by atoms with Gasteiger partial charge in [0.15, 0.2) is 5.78 Å². The second-order valence-electron chi connectivity index (χ2n) is 7.97. The van der Waals surface area contributed by atoms with Crippen LogP contribution >= 0.6 is 0 Å². The summed E-state index contributed by atoms with van der Waals surface area (Å²) < 4.78 is 32.0. The molecule has 0 spiro atoms. The molecule has 2 aromatic carbocycles. The van der Waals surface area contributed by atoms with Crippen molar-refractivity contribution in [2.45, 2.75) is 32.6 Å². The highest BCUT2D eigenvalue weighted by Gasteiger charge is 2.35. The van der Waals surface area contributed by atoms with Crippen molar-refractivity contribution in [1.82, 2.24) is 10.0 Å². The van der Waals surface area contributed by atoms with E-state index in [1.807, 2.05) is 4.72 Å². The molecule has 0 saturated carbocycles. The Bertz CT molecular complexity index is 1230. The smallest absolute Gasteiger partial charge is 0.326 e. The lowest BCUT2D eigenvalue weighted by atomic mass is 10.1. The molecule has 11 nitrogen and oxygen atoms in total. The fraction of sp³-hybridized carbons (Fsp3) is 0.348. The first kappa shape index (κ1) is 25.8. The van der Waals surface area contributed by atoms with Crippen LogP contribution in [-0.4, -0.2) is 55.9 Å². The molecule has 188 valence electrons. The highest BCUT2D eigenvalue weighted by Crippen LogP contribution is 2.31. The summed E-state index contributed by atoms with van der Waals surface area (Å²) >= 11 is 0. The van der Waals surface area contributed by atoms with Gasteiger partial charge in [-0.05, 0) is 56.0 Å². The van der Waals surface area contributed by atoms with E-state index in [-0.39, 0.29) is 40.9 Å². The quantitative estimate of drug-likeness (QED) is 0.263. The van der Waals surface area contributed by atoms with Gasteiger partial charge in [0.2, 0.25) is 5.91 Å². The molecule has 0 aliphatic carbocycles. The lowest BCUT2D eigenvalue weighted by Gasteiger charge is -2.16. The molecule has 35 heavy (non-hydrogen) atoms. The van der Waals surface area contributed by atoms with Crippen LogP contribution in [0.5, 0.6) is 17.2 Å². The zero-order chi connectivity index (χ0) is 25.6. The Labute approximate surface area is 202 Å². The third-order valence-electron chi connectivity index (χ3n) is 5.28. The van der Waals surface area contributed by atoms with Gasteiger partial charge in [-0.3, -0.25) is 14.4 Å². The van der Waals surface area contributed by atoms with E-state index < -0.39 is 22.7 Å². The molecule has 1 saturated heterocycles. The van der Waals surface area contributed by atoms with Crippen LogP contribution in [0.4, 0.5) is 5.69 Å². The number of ketones is 1. The van der Waals surface area contributed by atoms with Gasteiger partial charge in [0.25, 0.3) is 5.91 Å². The fourth-order valence-electron chi connectivity index (χ4n) is 3.57. The summed E-state index contributed by atoms with van der Waals surface area (Å²) in [6.45, 7) is 1.69. The molecule has 1 aliphatic rings. The number of rotatable bonds is 11. The van der Waals surface area contributed by atoms with E-state index in [9.17, 15) is 33.0 Å². The summed E-state index contributed by atoms with van der Waals surface area (Å²) in [5.74, 6) is -1.27. The highest BCUT2D eigenvalue weighted by molar-refractivity contribution is 7.92. The van der Waals surface area contributed by atoms with Crippen molar-refractivity contribution in [2.75, 3.05) is 24.0 Å². The van der Waals surface area contributed by atoms with Crippen molar-refractivity contribution in [3.63, 3.8) is 0 Å². The summed E-state index contributed by atoms with van der Waals surface area (Å²) in [4.78, 5) is 35.1. The van der Waals surface area contributed by atoms with Crippen LogP contribution in [0.25, 0.3) is 0 Å². The van der Waals surface area contributed by atoms with Crippen LogP contribution in [0.3, 0.4) is 0 Å². The largest absolute Gasteiger partial charge is 0.507 e. The maximum atomic E-state index is 12.1. The number of hydrogen-bond donors (Lipinski definition) is 4. The van der Waals surface area contributed by atoms with Gasteiger partial charge in [0, 0.05) is 13.0 Å². The molecular formula is C23H27N3O8S. The lowest BCUT2D eigenvalue weighted by molar-refractivity contribution is -0.121. The van der Waals surface area contributed by atoms with Crippen LogP contribution in [0.15, 0.2) is 36.4 Å². The van der Waals surface area contributed by atoms with E-state index in [4.69, 9.17) is 4.74 Å². The van der Waals surface area contributed by atoms with Gasteiger partial charge in [0.1, 0.15) is 29.4 Å². The summed E-state index contributed by atoms with van der Waals surface area (Å²) in [6, 6.07) is 8.99. The minimum Gasteiger partial charge on any atom is -0.507 e. The Hall–Kier alpha value is -3.80. The summed E-state index contributed by atoms with van der Waals surface area (Å²) in [6.07, 6.45) is 1.77. The summed E-state index contributed by atoms with van der Waals surface area (Å²) in [5, 5.41) is 22.8. The maximum Gasteiger partial charge on any atom is 0.326 e. The van der Waals surface area contributed by atoms with Crippen molar-refractivity contribution in [3.05, 3.63) is 47.5 Å². The molecule has 3 rings (SSSR count). The Morgan fingerprint density at radius 2 is 1.91 bits per heavy atom. The van der Waals surface area contributed by atoms with Crippen LogP contribution < -0.4 is 19.1 Å². The predicted octanol–water partition coefficient (Wildman–Crippen LogP) is 1.39. The predicted molar refractivity (Wildman–Crippen MR) is 127 cm³/mol. The number of nitrogens with zero attached hydrogens (tertiary/aromatic N) is 1. The summed E-state index contributed by atoms with van der Waals surface area (Å²) in [7, 11) is -4.02. The average molecular weight is 506 g/mol. The maximum absolute atomic E-state index is 12.1. The van der Waals surface area contributed by atoms with Crippen molar-refractivity contribution in [1.29, 1.82) is 0 Å². The number of aryl methyl sites for hydroxylation is 1. The highest BCUT2D eigenvalue weighted by atomic mass is 32.2. The number of amides is 2. The van der Waals surface area contributed by atoms with Crippen LogP contribution in [0.1, 0.15) is 42.1 Å². The van der Waals surface area contributed by atoms with E-state index in [0.717, 1.165) is 4.31 Å². The summed E-state index contributed by atoms with van der Waals surface area (Å²) in [5.41, 5.74) is 0.769. The first-order valence-electron chi connectivity index (χ1n) is 11.0. The third-order valence-corrected chi connectivity index (χ3v) is 6.67. The zero-order valence-electron chi connectivity index (χ0n) is 19.1. The van der Waals surface area contributed by atoms with E-state index >= 15 is 0 Å². The van der Waals surface area contributed by atoms with E-state index in [1.165, 1.54) is 25.1 Å². The lowest BCUT2D eigenvalue weighted by Crippen LogP contribution is -2.29. The number of carbonyl (C=O) groups is 3. The number of anilines is 1. The van der Waals surface area contributed by atoms with Gasteiger partial charge in [-0.15, -0.1) is 0 Å². The normalized spacial score (nSPS) is 14.4. The Morgan fingerprint density at radius 3 is 2.57 bits per heavy atom. The van der Waals surface area contributed by atoms with Gasteiger partial charge < -0.3 is 20.3 Å². The van der Waals surface area contributed by atoms with Crippen molar-refractivity contribution in [3.8, 4) is 17.2 Å². The average Bonchev–Trinajstić information content (AvgIpc) is 3.06. The number of hydrogen-bond acceptors (Lipinski definition) is 8.